The Kier molecular flexibility index (Phi) is 4.97. The summed E-state index contributed by atoms with van der Waals surface area (Å²) in [5.41, 5.74) is 0.976. The lowest BCUT2D eigenvalue weighted by atomic mass is 10.0. The number of sulfonamides is 1. The van der Waals surface area contributed by atoms with Crippen LogP contribution >= 0.6 is 27.3 Å². The third kappa shape index (κ3) is 3.96. The SMILES string of the molecule is CC(C)(c1ccc(NS(=O)(=O)c2ccc(Br)s2)cc1)S(C)(=O)=O. The van der Waals surface area contributed by atoms with Crippen molar-refractivity contribution in [2.24, 2.45) is 0 Å². The fraction of sp³-hybridized carbons (Fsp3) is 0.286. The fourth-order valence-electron chi connectivity index (χ4n) is 1.80. The van der Waals surface area contributed by atoms with E-state index in [-0.39, 0.29) is 4.21 Å². The smallest absolute Gasteiger partial charge is 0.271 e. The first kappa shape index (κ1) is 18.4. The predicted molar refractivity (Wildman–Crippen MR) is 97.1 cm³/mol. The number of sulfone groups is 1. The van der Waals surface area contributed by atoms with Crippen LogP contribution in [0.1, 0.15) is 19.4 Å². The first-order valence-corrected chi connectivity index (χ1v) is 11.5. The van der Waals surface area contributed by atoms with Gasteiger partial charge in [-0.15, -0.1) is 11.3 Å². The molecule has 0 atom stereocenters. The second-order valence-corrected chi connectivity index (χ2v) is 12.5. The zero-order valence-electron chi connectivity index (χ0n) is 12.7. The van der Waals surface area contributed by atoms with Gasteiger partial charge in [0.05, 0.1) is 8.53 Å². The standard InChI is InChI=1S/C14H16BrNO4S3/c1-14(2,22(3,17)18)10-4-6-11(7-5-10)16-23(19,20)13-9-8-12(15)21-13/h4-9,16H,1-3H3. The molecule has 0 radical (unpaired) electrons. The topological polar surface area (TPSA) is 80.3 Å². The highest BCUT2D eigenvalue weighted by atomic mass is 79.9. The molecule has 9 heteroatoms. The number of hydrogen-bond acceptors (Lipinski definition) is 5. The number of benzene rings is 1. The second-order valence-electron chi connectivity index (χ2n) is 5.52. The van der Waals surface area contributed by atoms with Gasteiger partial charge in [-0.3, -0.25) is 4.72 Å². The van der Waals surface area contributed by atoms with E-state index in [0.29, 0.717) is 11.3 Å². The molecule has 0 spiro atoms. The molecule has 2 aromatic rings. The lowest BCUT2D eigenvalue weighted by molar-refractivity contribution is 0.561. The molecule has 0 aliphatic heterocycles. The van der Waals surface area contributed by atoms with Gasteiger partial charge in [0.1, 0.15) is 4.21 Å². The second kappa shape index (κ2) is 6.19. The van der Waals surface area contributed by atoms with Crippen molar-refractivity contribution < 1.29 is 16.8 Å². The predicted octanol–water partition coefficient (Wildman–Crippen LogP) is 3.59. The van der Waals surface area contributed by atoms with Gasteiger partial charge in [-0.05, 0) is 59.6 Å². The lowest BCUT2D eigenvalue weighted by Gasteiger charge is -2.23. The van der Waals surface area contributed by atoms with Crippen LogP contribution in [0.25, 0.3) is 0 Å². The maximum absolute atomic E-state index is 12.2. The van der Waals surface area contributed by atoms with E-state index in [2.05, 4.69) is 20.7 Å². The van der Waals surface area contributed by atoms with E-state index in [1.54, 1.807) is 44.2 Å². The highest BCUT2D eigenvalue weighted by molar-refractivity contribution is 9.11. The first-order chi connectivity index (χ1) is 10.4. The van der Waals surface area contributed by atoms with E-state index in [1.165, 1.54) is 12.3 Å². The molecule has 23 heavy (non-hydrogen) atoms. The average molecular weight is 438 g/mol. The van der Waals surface area contributed by atoms with Crippen molar-refractivity contribution in [1.82, 2.24) is 0 Å². The number of halogens is 1. The zero-order valence-corrected chi connectivity index (χ0v) is 16.7. The van der Waals surface area contributed by atoms with Crippen LogP contribution in [0.4, 0.5) is 5.69 Å². The minimum Gasteiger partial charge on any atom is -0.279 e. The number of nitrogens with one attached hydrogen (secondary N) is 1. The summed E-state index contributed by atoms with van der Waals surface area (Å²) >= 11 is 4.34. The molecule has 0 aliphatic rings. The van der Waals surface area contributed by atoms with Gasteiger partial charge in [0.25, 0.3) is 10.0 Å². The molecule has 0 unspecified atom stereocenters. The molecular weight excluding hydrogens is 422 g/mol. The van der Waals surface area contributed by atoms with Crippen molar-refractivity contribution in [3.63, 3.8) is 0 Å². The molecule has 2 rings (SSSR count). The summed E-state index contributed by atoms with van der Waals surface area (Å²) in [6.45, 7) is 3.23. The van der Waals surface area contributed by atoms with E-state index in [1.807, 2.05) is 0 Å². The minimum absolute atomic E-state index is 0.199. The molecule has 0 saturated heterocycles. The molecular formula is C14H16BrNO4S3. The van der Waals surface area contributed by atoms with Crippen LogP contribution in [-0.2, 0) is 24.6 Å². The third-order valence-corrected chi connectivity index (χ3v) is 9.16. The van der Waals surface area contributed by atoms with Crippen molar-refractivity contribution in [3.8, 4) is 0 Å². The van der Waals surface area contributed by atoms with Crippen LogP contribution in [0.2, 0.25) is 0 Å². The maximum Gasteiger partial charge on any atom is 0.271 e. The van der Waals surface area contributed by atoms with E-state index in [4.69, 9.17) is 0 Å². The van der Waals surface area contributed by atoms with E-state index in [9.17, 15) is 16.8 Å². The van der Waals surface area contributed by atoms with Crippen LogP contribution < -0.4 is 4.72 Å². The molecule has 0 bridgehead atoms. The monoisotopic (exact) mass is 437 g/mol. The Hall–Kier alpha value is -0.900. The highest BCUT2D eigenvalue weighted by Crippen LogP contribution is 2.31. The molecule has 1 N–H and O–H groups in total. The largest absolute Gasteiger partial charge is 0.279 e. The Morgan fingerprint density at radius 1 is 1.00 bits per heavy atom. The van der Waals surface area contributed by atoms with Crippen molar-refractivity contribution in [3.05, 3.63) is 45.7 Å². The zero-order chi connectivity index (χ0) is 17.5. The van der Waals surface area contributed by atoms with Crippen molar-refractivity contribution >= 4 is 52.8 Å². The fourth-order valence-corrected chi connectivity index (χ4v) is 5.43. The van der Waals surface area contributed by atoms with Gasteiger partial charge in [-0.2, -0.15) is 0 Å². The van der Waals surface area contributed by atoms with Gasteiger partial charge in [-0.25, -0.2) is 16.8 Å². The molecule has 1 aromatic heterocycles. The summed E-state index contributed by atoms with van der Waals surface area (Å²) in [5.74, 6) is 0. The Morgan fingerprint density at radius 2 is 1.57 bits per heavy atom. The molecule has 1 heterocycles. The molecule has 0 saturated carbocycles. The Balaban J connectivity index is 2.28. The molecule has 0 aliphatic carbocycles. The van der Waals surface area contributed by atoms with E-state index >= 15 is 0 Å². The van der Waals surface area contributed by atoms with Crippen LogP contribution in [0.15, 0.2) is 44.4 Å². The molecule has 5 nitrogen and oxygen atoms in total. The van der Waals surface area contributed by atoms with Gasteiger partial charge >= 0.3 is 0 Å². The first-order valence-electron chi connectivity index (χ1n) is 6.52. The molecule has 0 amide bonds. The van der Waals surface area contributed by atoms with Crippen LogP contribution in [0.3, 0.4) is 0 Å². The van der Waals surface area contributed by atoms with Crippen molar-refractivity contribution in [1.29, 1.82) is 0 Å². The van der Waals surface area contributed by atoms with E-state index in [0.717, 1.165) is 15.1 Å². The number of thiophene rings is 1. The Labute approximate surface area is 148 Å². The number of anilines is 1. The van der Waals surface area contributed by atoms with Crippen LogP contribution in [-0.4, -0.2) is 23.1 Å². The third-order valence-electron chi connectivity index (χ3n) is 3.57. The number of hydrogen-bond donors (Lipinski definition) is 1. The lowest BCUT2D eigenvalue weighted by Crippen LogP contribution is -2.27. The van der Waals surface area contributed by atoms with E-state index < -0.39 is 24.6 Å². The maximum atomic E-state index is 12.2. The van der Waals surface area contributed by atoms with Gasteiger partial charge in [0.15, 0.2) is 9.84 Å². The Morgan fingerprint density at radius 3 is 2.00 bits per heavy atom. The van der Waals surface area contributed by atoms with Gasteiger partial charge < -0.3 is 0 Å². The quantitative estimate of drug-likeness (QED) is 0.774. The normalized spacial score (nSPS) is 13.0. The molecule has 0 fully saturated rings. The highest BCUT2D eigenvalue weighted by Gasteiger charge is 2.32. The molecule has 126 valence electrons. The van der Waals surface area contributed by atoms with Gasteiger partial charge in [0.2, 0.25) is 0 Å². The summed E-state index contributed by atoms with van der Waals surface area (Å²) in [6, 6.07) is 9.52. The van der Waals surface area contributed by atoms with Gasteiger partial charge in [0, 0.05) is 11.9 Å². The van der Waals surface area contributed by atoms with Crippen LogP contribution in [0.5, 0.6) is 0 Å². The summed E-state index contributed by atoms with van der Waals surface area (Å²) in [4.78, 5) is 0. The van der Waals surface area contributed by atoms with Crippen LogP contribution in [0, 0.1) is 0 Å². The summed E-state index contributed by atoms with van der Waals surface area (Å²) < 4.78 is 50.5. The average Bonchev–Trinajstić information content (AvgIpc) is 2.85. The summed E-state index contributed by atoms with van der Waals surface area (Å²) in [6.07, 6.45) is 1.18. The number of rotatable bonds is 5. The Bertz CT molecular complexity index is 913. The van der Waals surface area contributed by atoms with Crippen molar-refractivity contribution in [2.45, 2.75) is 22.8 Å². The summed E-state index contributed by atoms with van der Waals surface area (Å²) in [5, 5.41) is 0. The van der Waals surface area contributed by atoms with Gasteiger partial charge in [-0.1, -0.05) is 12.1 Å². The van der Waals surface area contributed by atoms with Crippen molar-refractivity contribution in [2.75, 3.05) is 11.0 Å². The minimum atomic E-state index is -3.65. The summed E-state index contributed by atoms with van der Waals surface area (Å²) in [7, 11) is -6.93. The molecule has 1 aromatic carbocycles.